The summed E-state index contributed by atoms with van der Waals surface area (Å²) in [5, 5.41) is 0. The van der Waals surface area contributed by atoms with Crippen LogP contribution in [-0.2, 0) is 14.4 Å². The van der Waals surface area contributed by atoms with E-state index in [1.165, 1.54) is 4.90 Å². The number of hydrogen-bond donors (Lipinski definition) is 0. The van der Waals surface area contributed by atoms with Crippen LogP contribution in [0.4, 0.5) is 5.69 Å². The number of imide groups is 1. The van der Waals surface area contributed by atoms with E-state index in [0.717, 1.165) is 10.5 Å². The first kappa shape index (κ1) is 23.0. The monoisotopic (exact) mass is 458 g/mol. The molecule has 0 radical (unpaired) electrons. The van der Waals surface area contributed by atoms with E-state index in [-0.39, 0.29) is 24.8 Å². The number of carbonyl (C=O) groups excluding carboxylic acids is 3. The second kappa shape index (κ2) is 10.2. The van der Waals surface area contributed by atoms with Gasteiger partial charge in [0.25, 0.3) is 11.8 Å². The van der Waals surface area contributed by atoms with Crippen LogP contribution in [0.5, 0.6) is 11.5 Å². The van der Waals surface area contributed by atoms with Crippen molar-refractivity contribution in [2.75, 3.05) is 18.6 Å². The van der Waals surface area contributed by atoms with E-state index < -0.39 is 18.0 Å². The fourth-order valence-electron chi connectivity index (χ4n) is 4.12. The van der Waals surface area contributed by atoms with Crippen molar-refractivity contribution in [1.82, 2.24) is 4.90 Å². The number of methoxy groups -OCH3 is 1. The highest BCUT2D eigenvalue weighted by atomic mass is 16.5. The summed E-state index contributed by atoms with van der Waals surface area (Å²) in [6, 6.07) is 23.7. The molecule has 3 amide bonds. The van der Waals surface area contributed by atoms with Crippen LogP contribution in [-0.4, -0.2) is 42.4 Å². The summed E-state index contributed by atoms with van der Waals surface area (Å²) in [6.45, 7) is 1.60. The van der Waals surface area contributed by atoms with Crippen LogP contribution >= 0.6 is 0 Å². The molecule has 34 heavy (non-hydrogen) atoms. The van der Waals surface area contributed by atoms with Gasteiger partial charge in [-0.3, -0.25) is 14.4 Å². The van der Waals surface area contributed by atoms with Gasteiger partial charge in [0, 0.05) is 0 Å². The standard InChI is InChI=1S/C27H26N2O5/c1-19(20-9-5-3-6-10-20)28(26(31)18-34-23-11-7-4-8-12-23)24-17-25(30)29(27(24)32)21-13-15-22(33-2)16-14-21/h3-16,19,24H,17-18H2,1-2H3. The molecule has 3 aromatic rings. The van der Waals surface area contributed by atoms with Crippen molar-refractivity contribution in [3.63, 3.8) is 0 Å². The van der Waals surface area contributed by atoms with Gasteiger partial charge in [-0.15, -0.1) is 0 Å². The summed E-state index contributed by atoms with van der Waals surface area (Å²) in [7, 11) is 1.54. The Bertz CT molecular complexity index is 1150. The Morgan fingerprint density at radius 3 is 2.18 bits per heavy atom. The maximum atomic E-state index is 13.5. The lowest BCUT2D eigenvalue weighted by atomic mass is 10.0. The van der Waals surface area contributed by atoms with Gasteiger partial charge in [-0.25, -0.2) is 4.90 Å². The Balaban J connectivity index is 1.61. The Morgan fingerprint density at radius 1 is 0.941 bits per heavy atom. The van der Waals surface area contributed by atoms with Crippen molar-refractivity contribution in [3.05, 3.63) is 90.5 Å². The minimum absolute atomic E-state index is 0.0981. The Hall–Kier alpha value is -4.13. The van der Waals surface area contributed by atoms with Crippen LogP contribution in [0.25, 0.3) is 0 Å². The first-order valence-corrected chi connectivity index (χ1v) is 11.0. The van der Waals surface area contributed by atoms with Crippen LogP contribution in [0.3, 0.4) is 0 Å². The quantitative estimate of drug-likeness (QED) is 0.477. The number of hydrogen-bond acceptors (Lipinski definition) is 5. The van der Waals surface area contributed by atoms with Crippen molar-refractivity contribution < 1.29 is 23.9 Å². The van der Waals surface area contributed by atoms with Gasteiger partial charge in [-0.05, 0) is 48.9 Å². The van der Waals surface area contributed by atoms with Crippen molar-refractivity contribution in [2.45, 2.75) is 25.4 Å². The Kier molecular flexibility index (Phi) is 6.92. The molecule has 0 aliphatic carbocycles. The van der Waals surface area contributed by atoms with Crippen LogP contribution in [0.2, 0.25) is 0 Å². The molecule has 2 atom stereocenters. The second-order valence-electron chi connectivity index (χ2n) is 7.97. The zero-order valence-corrected chi connectivity index (χ0v) is 19.1. The highest BCUT2D eigenvalue weighted by molar-refractivity contribution is 6.23. The normalized spacial score (nSPS) is 16.3. The molecule has 0 spiro atoms. The van der Waals surface area contributed by atoms with E-state index >= 15 is 0 Å². The largest absolute Gasteiger partial charge is 0.497 e. The molecule has 1 aliphatic heterocycles. The van der Waals surface area contributed by atoms with Gasteiger partial charge in [-0.2, -0.15) is 0 Å². The van der Waals surface area contributed by atoms with Gasteiger partial charge in [0.15, 0.2) is 6.61 Å². The third kappa shape index (κ3) is 4.78. The predicted molar refractivity (Wildman–Crippen MR) is 128 cm³/mol. The molecule has 3 aromatic carbocycles. The fraction of sp³-hybridized carbons (Fsp3) is 0.222. The number of nitrogens with zero attached hydrogens (tertiary/aromatic N) is 2. The maximum absolute atomic E-state index is 13.5. The summed E-state index contributed by atoms with van der Waals surface area (Å²) < 4.78 is 10.8. The van der Waals surface area contributed by atoms with E-state index in [0.29, 0.717) is 17.2 Å². The number of carbonyl (C=O) groups is 3. The smallest absolute Gasteiger partial charge is 0.261 e. The lowest BCUT2D eigenvalue weighted by Crippen LogP contribution is -2.48. The molecule has 174 valence electrons. The highest BCUT2D eigenvalue weighted by Gasteiger charge is 2.46. The summed E-state index contributed by atoms with van der Waals surface area (Å²) >= 11 is 0. The number of amides is 3. The minimum atomic E-state index is -0.934. The molecule has 0 bridgehead atoms. The van der Waals surface area contributed by atoms with Crippen molar-refractivity contribution in [2.24, 2.45) is 0 Å². The van der Waals surface area contributed by atoms with Gasteiger partial charge in [0.1, 0.15) is 17.5 Å². The SMILES string of the molecule is COc1ccc(N2C(=O)CC(N(C(=O)COc3ccccc3)C(C)c3ccccc3)C2=O)cc1. The summed E-state index contributed by atoms with van der Waals surface area (Å²) in [6.07, 6.45) is -0.0981. The van der Waals surface area contributed by atoms with E-state index in [1.54, 1.807) is 43.5 Å². The highest BCUT2D eigenvalue weighted by Crippen LogP contribution is 2.32. The average Bonchev–Trinajstić information content (AvgIpc) is 3.17. The summed E-state index contributed by atoms with van der Waals surface area (Å²) in [5.74, 6) is -0.0000365. The second-order valence-corrected chi connectivity index (χ2v) is 7.97. The van der Waals surface area contributed by atoms with E-state index in [2.05, 4.69) is 0 Å². The van der Waals surface area contributed by atoms with Gasteiger partial charge >= 0.3 is 0 Å². The van der Waals surface area contributed by atoms with E-state index in [9.17, 15) is 14.4 Å². The van der Waals surface area contributed by atoms with Gasteiger partial charge < -0.3 is 14.4 Å². The first-order valence-electron chi connectivity index (χ1n) is 11.0. The third-order valence-electron chi connectivity index (χ3n) is 5.88. The lowest BCUT2D eigenvalue weighted by molar-refractivity contribution is -0.142. The number of para-hydroxylation sites is 1. The van der Waals surface area contributed by atoms with Gasteiger partial charge in [0.05, 0.1) is 25.3 Å². The molecule has 1 aliphatic rings. The number of rotatable bonds is 8. The summed E-state index contributed by atoms with van der Waals surface area (Å²) in [4.78, 5) is 42.4. The van der Waals surface area contributed by atoms with Gasteiger partial charge in [0.2, 0.25) is 5.91 Å². The van der Waals surface area contributed by atoms with Gasteiger partial charge in [-0.1, -0.05) is 48.5 Å². The van der Waals surface area contributed by atoms with Crippen molar-refractivity contribution in [3.8, 4) is 11.5 Å². The molecule has 1 heterocycles. The van der Waals surface area contributed by atoms with Crippen LogP contribution < -0.4 is 14.4 Å². The zero-order valence-electron chi connectivity index (χ0n) is 19.1. The Morgan fingerprint density at radius 2 is 1.56 bits per heavy atom. The molecule has 7 heteroatoms. The lowest BCUT2D eigenvalue weighted by Gasteiger charge is -2.33. The molecule has 1 fully saturated rings. The molecule has 4 rings (SSSR count). The molecule has 1 saturated heterocycles. The minimum Gasteiger partial charge on any atom is -0.497 e. The summed E-state index contributed by atoms with van der Waals surface area (Å²) in [5.41, 5.74) is 1.30. The van der Waals surface area contributed by atoms with E-state index in [4.69, 9.17) is 9.47 Å². The van der Waals surface area contributed by atoms with Crippen LogP contribution in [0.15, 0.2) is 84.9 Å². The van der Waals surface area contributed by atoms with Crippen LogP contribution in [0.1, 0.15) is 24.9 Å². The molecule has 0 saturated carbocycles. The molecular weight excluding hydrogens is 432 g/mol. The van der Waals surface area contributed by atoms with Crippen LogP contribution in [0, 0.1) is 0 Å². The molecule has 0 aromatic heterocycles. The Labute approximate surface area is 198 Å². The fourth-order valence-corrected chi connectivity index (χ4v) is 4.12. The first-order chi connectivity index (χ1) is 16.5. The van der Waals surface area contributed by atoms with E-state index in [1.807, 2.05) is 55.5 Å². The predicted octanol–water partition coefficient (Wildman–Crippen LogP) is 4.00. The zero-order chi connectivity index (χ0) is 24.1. The molecular formula is C27H26N2O5. The maximum Gasteiger partial charge on any atom is 0.261 e. The molecule has 0 N–H and O–H groups in total. The number of ether oxygens (including phenoxy) is 2. The number of anilines is 1. The molecule has 7 nitrogen and oxygen atoms in total. The topological polar surface area (TPSA) is 76.2 Å². The average molecular weight is 459 g/mol. The number of benzene rings is 3. The van der Waals surface area contributed by atoms with Crippen molar-refractivity contribution >= 4 is 23.4 Å². The van der Waals surface area contributed by atoms with Crippen molar-refractivity contribution in [1.29, 1.82) is 0 Å². The molecule has 2 unspecified atom stereocenters. The third-order valence-corrected chi connectivity index (χ3v) is 5.88.